The highest BCUT2D eigenvalue weighted by atomic mass is 35.5. The fourth-order valence-corrected chi connectivity index (χ4v) is 5.24. The van der Waals surface area contributed by atoms with Gasteiger partial charge >= 0.3 is 5.97 Å². The molecular formula is C26H15Cl4N3O4. The molecule has 7 nitrogen and oxygen atoms in total. The lowest BCUT2D eigenvalue weighted by atomic mass is 10.1. The lowest BCUT2D eigenvalue weighted by Crippen LogP contribution is -2.21. The Hall–Kier alpha value is -3.36. The second kappa shape index (κ2) is 9.84. The van der Waals surface area contributed by atoms with Gasteiger partial charge < -0.3 is 10.4 Å². The minimum atomic E-state index is -1.50. The average Bonchev–Trinajstić information content (AvgIpc) is 3.27. The van der Waals surface area contributed by atoms with Crippen molar-refractivity contribution in [2.45, 2.75) is 13.0 Å². The van der Waals surface area contributed by atoms with Crippen LogP contribution in [0.3, 0.4) is 0 Å². The fourth-order valence-electron chi connectivity index (χ4n) is 4.22. The molecule has 0 spiro atoms. The summed E-state index contributed by atoms with van der Waals surface area (Å²) in [6.45, 7) is 0.517. The van der Waals surface area contributed by atoms with E-state index in [0.717, 1.165) is 11.1 Å². The van der Waals surface area contributed by atoms with Gasteiger partial charge in [0.05, 0.1) is 42.1 Å². The molecule has 1 aliphatic heterocycles. The minimum Gasteiger partial charge on any atom is -0.478 e. The Balaban J connectivity index is 1.56. The normalized spacial score (nSPS) is 13.7. The number of hydrogen-bond acceptors (Lipinski definition) is 4. The van der Waals surface area contributed by atoms with Crippen molar-refractivity contribution < 1.29 is 14.7 Å². The van der Waals surface area contributed by atoms with Crippen molar-refractivity contribution in [2.75, 3.05) is 5.32 Å². The molecule has 1 aromatic heterocycles. The largest absolute Gasteiger partial charge is 0.478 e. The average molecular weight is 575 g/mol. The number of rotatable bonds is 4. The van der Waals surface area contributed by atoms with Crippen LogP contribution in [0.15, 0.2) is 53.3 Å². The summed E-state index contributed by atoms with van der Waals surface area (Å²) in [5, 5.41) is 11.3. The molecular weight excluding hydrogens is 560 g/mol. The van der Waals surface area contributed by atoms with E-state index < -0.39 is 28.0 Å². The van der Waals surface area contributed by atoms with Crippen LogP contribution in [0.5, 0.6) is 0 Å². The van der Waals surface area contributed by atoms with E-state index in [0.29, 0.717) is 29.7 Å². The number of fused-ring (bicyclic) bond motifs is 2. The van der Waals surface area contributed by atoms with Gasteiger partial charge in [-0.1, -0.05) is 76.7 Å². The Bertz CT molecular complexity index is 1720. The summed E-state index contributed by atoms with van der Waals surface area (Å²) in [4.78, 5) is 42.8. The summed E-state index contributed by atoms with van der Waals surface area (Å²) in [6, 6.07) is 14.3. The molecule has 1 amide bonds. The molecule has 0 saturated carbocycles. The van der Waals surface area contributed by atoms with E-state index in [-0.39, 0.29) is 26.3 Å². The molecule has 0 bridgehead atoms. The number of allylic oxidation sites excluding steroid dienone is 1. The van der Waals surface area contributed by atoms with Crippen molar-refractivity contribution in [3.05, 3.63) is 101 Å². The lowest BCUT2D eigenvalue weighted by Gasteiger charge is -2.14. The summed E-state index contributed by atoms with van der Waals surface area (Å²) in [6.07, 6.45) is 2.65. The van der Waals surface area contributed by atoms with E-state index in [1.807, 2.05) is 36.4 Å². The van der Waals surface area contributed by atoms with Gasteiger partial charge in [0.25, 0.3) is 11.5 Å². The zero-order valence-electron chi connectivity index (χ0n) is 18.7. The molecule has 37 heavy (non-hydrogen) atoms. The summed E-state index contributed by atoms with van der Waals surface area (Å²) in [7, 11) is 0. The Morgan fingerprint density at radius 3 is 2.30 bits per heavy atom. The number of aromatic carboxylic acids is 1. The number of anilines is 1. The van der Waals surface area contributed by atoms with Gasteiger partial charge in [-0.3, -0.25) is 14.2 Å². The first-order valence-electron chi connectivity index (χ1n) is 10.9. The van der Waals surface area contributed by atoms with Crippen LogP contribution in [-0.2, 0) is 6.54 Å². The lowest BCUT2D eigenvalue weighted by molar-refractivity contribution is 0.0692. The van der Waals surface area contributed by atoms with Crippen LogP contribution in [0.25, 0.3) is 22.6 Å². The van der Waals surface area contributed by atoms with Crippen molar-refractivity contribution in [3.8, 4) is 0 Å². The summed E-state index contributed by atoms with van der Waals surface area (Å²) in [5.41, 5.74) is 1.33. The molecule has 2 heterocycles. The smallest absolute Gasteiger partial charge is 0.338 e. The number of hydrogen-bond donors (Lipinski definition) is 2. The Kier molecular flexibility index (Phi) is 6.72. The molecule has 5 rings (SSSR count). The number of nitrogens with one attached hydrogen (secondary N) is 1. The number of carboxylic acids is 1. The number of carbonyl (C=O) groups excluding carboxylic acids is 1. The fraction of sp³-hybridized carbons (Fsp3) is 0.0769. The van der Waals surface area contributed by atoms with Crippen LogP contribution in [0.2, 0.25) is 20.1 Å². The van der Waals surface area contributed by atoms with Gasteiger partial charge in [-0.05, 0) is 41.8 Å². The Morgan fingerprint density at radius 1 is 0.946 bits per heavy atom. The maximum absolute atomic E-state index is 13.1. The molecule has 1 aliphatic rings. The predicted molar refractivity (Wildman–Crippen MR) is 146 cm³/mol. The van der Waals surface area contributed by atoms with Gasteiger partial charge in [-0.15, -0.1) is 0 Å². The Morgan fingerprint density at radius 2 is 1.62 bits per heavy atom. The van der Waals surface area contributed by atoms with Crippen LogP contribution in [-0.4, -0.2) is 26.5 Å². The zero-order valence-corrected chi connectivity index (χ0v) is 21.7. The second-order valence-corrected chi connectivity index (χ2v) is 9.73. The van der Waals surface area contributed by atoms with Gasteiger partial charge in [-0.25, -0.2) is 9.78 Å². The van der Waals surface area contributed by atoms with Crippen molar-refractivity contribution in [3.63, 3.8) is 0 Å². The number of halogens is 4. The van der Waals surface area contributed by atoms with Crippen molar-refractivity contribution in [2.24, 2.45) is 0 Å². The van der Waals surface area contributed by atoms with E-state index in [1.165, 1.54) is 12.1 Å². The number of nitrogens with zero attached hydrogens (tertiary/aromatic N) is 2. The van der Waals surface area contributed by atoms with Gasteiger partial charge in [0.2, 0.25) is 0 Å². The summed E-state index contributed by atoms with van der Waals surface area (Å²) >= 11 is 24.3. The molecule has 3 aromatic carbocycles. The first kappa shape index (κ1) is 25.3. The molecule has 0 aliphatic carbocycles. The second-order valence-electron chi connectivity index (χ2n) is 8.22. The third-order valence-corrected chi connectivity index (χ3v) is 7.76. The predicted octanol–water partition coefficient (Wildman–Crippen LogP) is 6.90. The van der Waals surface area contributed by atoms with Crippen LogP contribution in [0.4, 0.5) is 5.69 Å². The molecule has 2 N–H and O–H groups in total. The number of aromatic nitrogens is 2. The first-order chi connectivity index (χ1) is 17.7. The van der Waals surface area contributed by atoms with Gasteiger partial charge in [0.1, 0.15) is 5.82 Å². The third kappa shape index (κ3) is 4.49. The van der Waals surface area contributed by atoms with Crippen LogP contribution < -0.4 is 10.9 Å². The molecule has 186 valence electrons. The summed E-state index contributed by atoms with van der Waals surface area (Å²) < 4.78 is 1.63. The summed E-state index contributed by atoms with van der Waals surface area (Å²) in [5.74, 6) is -1.82. The minimum absolute atomic E-state index is 0.193. The maximum atomic E-state index is 13.1. The quantitative estimate of drug-likeness (QED) is 0.204. The molecule has 0 saturated heterocycles. The highest BCUT2D eigenvalue weighted by Crippen LogP contribution is 2.42. The zero-order chi connectivity index (χ0) is 26.4. The molecule has 11 heteroatoms. The molecule has 0 radical (unpaired) electrons. The van der Waals surface area contributed by atoms with Gasteiger partial charge in [-0.2, -0.15) is 0 Å². The first-order valence-corrected chi connectivity index (χ1v) is 12.4. The van der Waals surface area contributed by atoms with Crippen molar-refractivity contribution >= 4 is 86.5 Å². The van der Waals surface area contributed by atoms with E-state index in [9.17, 15) is 19.5 Å². The molecule has 0 fully saturated rings. The van der Waals surface area contributed by atoms with E-state index in [2.05, 4.69) is 5.32 Å². The monoisotopic (exact) mass is 573 g/mol. The van der Waals surface area contributed by atoms with E-state index in [4.69, 9.17) is 51.4 Å². The van der Waals surface area contributed by atoms with Gasteiger partial charge in [0, 0.05) is 12.2 Å². The topological polar surface area (TPSA) is 101 Å². The van der Waals surface area contributed by atoms with Crippen LogP contribution in [0.1, 0.15) is 38.5 Å². The van der Waals surface area contributed by atoms with E-state index in [1.54, 1.807) is 10.6 Å². The molecule has 4 aromatic rings. The van der Waals surface area contributed by atoms with Crippen LogP contribution >= 0.6 is 46.4 Å². The number of amides is 1. The van der Waals surface area contributed by atoms with Crippen molar-refractivity contribution in [1.82, 2.24) is 9.55 Å². The molecule has 0 unspecified atom stereocenters. The van der Waals surface area contributed by atoms with Gasteiger partial charge in [0.15, 0.2) is 0 Å². The highest BCUT2D eigenvalue weighted by Gasteiger charge is 2.29. The number of carbonyl (C=O) groups is 2. The van der Waals surface area contributed by atoms with E-state index >= 15 is 0 Å². The standard InChI is InChI=1S/C26H15Cl4N3O4/c27-19-17(18(26(36)37)20(28)22(30)21(19)29)24(34)31-14-6-7-15-16(11-14)32-23-13(8-9-33(23)25(15)35)10-12-4-2-1-3-5-12/h1-7,10-11H,8-9H2,(H,31,34)(H,36,37)/b13-10+. The highest BCUT2D eigenvalue weighted by molar-refractivity contribution is 6.54. The number of benzene rings is 3. The maximum Gasteiger partial charge on any atom is 0.338 e. The Labute approximate surface area is 229 Å². The third-order valence-electron chi connectivity index (χ3n) is 5.95. The number of carboxylic acid groups (broad SMARTS) is 1. The van der Waals surface area contributed by atoms with Crippen LogP contribution in [0, 0.1) is 0 Å². The van der Waals surface area contributed by atoms with Crippen molar-refractivity contribution in [1.29, 1.82) is 0 Å². The SMILES string of the molecule is O=C(O)c1c(Cl)c(Cl)c(Cl)c(Cl)c1C(=O)Nc1ccc2c(=O)n3c(nc2c1)/C(=C/c1ccccc1)CC3. The molecule has 0 atom stereocenters.